The Balaban J connectivity index is 1.93. The lowest BCUT2D eigenvalue weighted by molar-refractivity contribution is 0.130. The summed E-state index contributed by atoms with van der Waals surface area (Å²) in [6, 6.07) is 10.1. The van der Waals surface area contributed by atoms with Crippen LogP contribution in [0.15, 0.2) is 30.3 Å². The van der Waals surface area contributed by atoms with Gasteiger partial charge in [0.2, 0.25) is 0 Å². The molecule has 1 aliphatic rings. The highest BCUT2D eigenvalue weighted by Gasteiger charge is 2.38. The van der Waals surface area contributed by atoms with E-state index in [1.807, 2.05) is 35.2 Å². The van der Waals surface area contributed by atoms with Gasteiger partial charge in [-0.15, -0.1) is 0 Å². The first kappa shape index (κ1) is 14.9. The van der Waals surface area contributed by atoms with Crippen molar-refractivity contribution in [2.24, 2.45) is 5.92 Å². The Morgan fingerprint density at radius 2 is 2.00 bits per heavy atom. The molecule has 1 saturated heterocycles. The van der Waals surface area contributed by atoms with Crippen molar-refractivity contribution in [1.82, 2.24) is 4.90 Å². The van der Waals surface area contributed by atoms with Crippen molar-refractivity contribution in [2.45, 2.75) is 52.2 Å². The van der Waals surface area contributed by atoms with Gasteiger partial charge in [-0.3, -0.25) is 0 Å². The highest BCUT2D eigenvalue weighted by molar-refractivity contribution is 5.71. The summed E-state index contributed by atoms with van der Waals surface area (Å²) < 4.78 is 5.54. The molecule has 1 aliphatic heterocycles. The molecular formula is C17H25NO2. The van der Waals surface area contributed by atoms with Gasteiger partial charge < -0.3 is 9.64 Å². The van der Waals surface area contributed by atoms with Gasteiger partial charge in [0.05, 0.1) is 6.04 Å². The third kappa shape index (κ3) is 3.33. The zero-order valence-electron chi connectivity index (χ0n) is 12.7. The predicted molar refractivity (Wildman–Crippen MR) is 80.5 cm³/mol. The summed E-state index contributed by atoms with van der Waals surface area (Å²) in [5, 5.41) is 0. The molecule has 0 radical (unpaired) electrons. The summed E-state index contributed by atoms with van der Waals surface area (Å²) >= 11 is 0. The second-order valence-corrected chi connectivity index (χ2v) is 5.80. The number of carbonyl (C=O) groups excluding carboxylic acids is 1. The highest BCUT2D eigenvalue weighted by atomic mass is 16.6. The molecule has 0 bridgehead atoms. The number of hydrogen-bond acceptors (Lipinski definition) is 2. The number of rotatable bonds is 6. The molecule has 0 saturated carbocycles. The molecule has 20 heavy (non-hydrogen) atoms. The molecule has 110 valence electrons. The molecule has 0 aromatic heterocycles. The minimum absolute atomic E-state index is 0.113. The largest absolute Gasteiger partial charge is 0.439 e. The average Bonchev–Trinajstić information content (AvgIpc) is 2.75. The van der Waals surface area contributed by atoms with Crippen molar-refractivity contribution in [2.75, 3.05) is 6.54 Å². The van der Waals surface area contributed by atoms with Crippen molar-refractivity contribution >= 4 is 6.09 Å². The lowest BCUT2D eigenvalue weighted by Crippen LogP contribution is -2.33. The second-order valence-electron chi connectivity index (χ2n) is 5.80. The summed E-state index contributed by atoms with van der Waals surface area (Å²) in [5.41, 5.74) is 1.08. The molecule has 1 amide bonds. The third-order valence-electron chi connectivity index (χ3n) is 4.31. The molecule has 0 aliphatic carbocycles. The van der Waals surface area contributed by atoms with E-state index in [0.29, 0.717) is 0 Å². The molecule has 3 heteroatoms. The molecular weight excluding hydrogens is 250 g/mol. The topological polar surface area (TPSA) is 29.5 Å². The van der Waals surface area contributed by atoms with Crippen LogP contribution in [0, 0.1) is 5.92 Å². The minimum Gasteiger partial charge on any atom is -0.439 e. The van der Waals surface area contributed by atoms with Crippen LogP contribution < -0.4 is 0 Å². The van der Waals surface area contributed by atoms with Crippen LogP contribution in [0.2, 0.25) is 0 Å². The zero-order valence-corrected chi connectivity index (χ0v) is 12.7. The van der Waals surface area contributed by atoms with Crippen molar-refractivity contribution in [3.05, 3.63) is 35.9 Å². The van der Waals surface area contributed by atoms with Gasteiger partial charge in [0.1, 0.15) is 6.10 Å². The van der Waals surface area contributed by atoms with Gasteiger partial charge in [0.25, 0.3) is 0 Å². The van der Waals surface area contributed by atoms with E-state index in [-0.39, 0.29) is 18.2 Å². The first-order chi connectivity index (χ1) is 9.63. The molecule has 0 unspecified atom stereocenters. The number of amides is 1. The van der Waals surface area contributed by atoms with Crippen LogP contribution in [0.3, 0.4) is 0 Å². The quantitative estimate of drug-likeness (QED) is 0.770. The van der Waals surface area contributed by atoms with Gasteiger partial charge in [-0.25, -0.2) is 4.79 Å². The third-order valence-corrected chi connectivity index (χ3v) is 4.31. The zero-order chi connectivity index (χ0) is 14.5. The van der Waals surface area contributed by atoms with Crippen LogP contribution in [-0.2, 0) is 4.74 Å². The number of hydrogen-bond donors (Lipinski definition) is 0. The summed E-state index contributed by atoms with van der Waals surface area (Å²) in [5.74, 6) is 0.730. The molecule has 3 atom stereocenters. The van der Waals surface area contributed by atoms with Crippen LogP contribution in [0.4, 0.5) is 4.79 Å². The maximum Gasteiger partial charge on any atom is 0.410 e. The van der Waals surface area contributed by atoms with E-state index >= 15 is 0 Å². The molecule has 1 aromatic carbocycles. The van der Waals surface area contributed by atoms with Gasteiger partial charge >= 0.3 is 6.09 Å². The second kappa shape index (κ2) is 6.78. The summed E-state index contributed by atoms with van der Waals surface area (Å²) in [4.78, 5) is 13.9. The van der Waals surface area contributed by atoms with Crippen LogP contribution >= 0.6 is 0 Å². The summed E-state index contributed by atoms with van der Waals surface area (Å²) in [6.45, 7) is 7.35. The van der Waals surface area contributed by atoms with E-state index in [1.165, 1.54) is 12.8 Å². The number of nitrogens with zero attached hydrogens (tertiary/aromatic N) is 1. The summed E-state index contributed by atoms with van der Waals surface area (Å²) in [7, 11) is 0. The van der Waals surface area contributed by atoms with E-state index in [4.69, 9.17) is 4.74 Å². The maximum atomic E-state index is 12.0. The maximum absolute atomic E-state index is 12.0. The fraction of sp³-hybridized carbons (Fsp3) is 0.588. The van der Waals surface area contributed by atoms with E-state index in [2.05, 4.69) is 20.8 Å². The Hall–Kier alpha value is -1.51. The summed E-state index contributed by atoms with van der Waals surface area (Å²) in [6.07, 6.45) is 3.12. The predicted octanol–water partition coefficient (Wildman–Crippen LogP) is 4.39. The minimum atomic E-state index is -0.171. The molecule has 3 nitrogen and oxygen atoms in total. The fourth-order valence-electron chi connectivity index (χ4n) is 2.70. The molecule has 0 N–H and O–H groups in total. The molecule has 1 heterocycles. The standard InChI is InChI=1S/C17H25NO2/c1-4-13(2)9-8-12-18-14(3)16(20-17(18)19)15-10-6-5-7-11-15/h5-7,10-11,13-14,16H,4,8-9,12H2,1-3H3/t13-,14-,16-/m1/s1. The SMILES string of the molecule is CC[C@@H](C)CCCN1C(=O)O[C@@H](c2ccccc2)[C@H]1C. The first-order valence-electron chi connectivity index (χ1n) is 7.65. The van der Waals surface area contributed by atoms with E-state index in [9.17, 15) is 4.79 Å². The molecule has 1 aromatic rings. The van der Waals surface area contributed by atoms with E-state index in [0.717, 1.165) is 24.4 Å². The monoisotopic (exact) mass is 275 g/mol. The van der Waals surface area contributed by atoms with Crippen molar-refractivity contribution in [1.29, 1.82) is 0 Å². The smallest absolute Gasteiger partial charge is 0.410 e. The molecule has 0 spiro atoms. The Morgan fingerprint density at radius 1 is 1.30 bits per heavy atom. The van der Waals surface area contributed by atoms with Crippen LogP contribution in [-0.4, -0.2) is 23.6 Å². The van der Waals surface area contributed by atoms with Crippen molar-refractivity contribution < 1.29 is 9.53 Å². The van der Waals surface area contributed by atoms with Crippen molar-refractivity contribution in [3.63, 3.8) is 0 Å². The normalized spacial score (nSPS) is 23.8. The van der Waals surface area contributed by atoms with Crippen molar-refractivity contribution in [3.8, 4) is 0 Å². The van der Waals surface area contributed by atoms with Crippen LogP contribution in [0.25, 0.3) is 0 Å². The molecule has 1 fully saturated rings. The average molecular weight is 275 g/mol. The van der Waals surface area contributed by atoms with Gasteiger partial charge in [0.15, 0.2) is 0 Å². The molecule has 2 rings (SSSR count). The number of carbonyl (C=O) groups is 1. The lowest BCUT2D eigenvalue weighted by Gasteiger charge is -2.21. The van der Waals surface area contributed by atoms with Crippen LogP contribution in [0.5, 0.6) is 0 Å². The van der Waals surface area contributed by atoms with E-state index in [1.54, 1.807) is 0 Å². The number of benzene rings is 1. The Morgan fingerprint density at radius 3 is 2.65 bits per heavy atom. The Bertz CT molecular complexity index is 432. The first-order valence-corrected chi connectivity index (χ1v) is 7.65. The number of ether oxygens (including phenoxy) is 1. The lowest BCUT2D eigenvalue weighted by atomic mass is 10.0. The van der Waals surface area contributed by atoms with Crippen LogP contribution in [0.1, 0.15) is 51.7 Å². The van der Waals surface area contributed by atoms with Gasteiger partial charge in [0, 0.05) is 6.54 Å². The van der Waals surface area contributed by atoms with Gasteiger partial charge in [-0.1, -0.05) is 50.6 Å². The van der Waals surface area contributed by atoms with Gasteiger partial charge in [-0.2, -0.15) is 0 Å². The number of cyclic esters (lactones) is 1. The highest BCUT2D eigenvalue weighted by Crippen LogP contribution is 2.32. The van der Waals surface area contributed by atoms with E-state index < -0.39 is 0 Å². The fourth-order valence-corrected chi connectivity index (χ4v) is 2.70. The Kier molecular flexibility index (Phi) is 5.05. The Labute approximate surface area is 121 Å². The van der Waals surface area contributed by atoms with Gasteiger partial charge in [-0.05, 0) is 31.2 Å².